The lowest BCUT2D eigenvalue weighted by Crippen LogP contribution is -2.32. The first-order valence-corrected chi connectivity index (χ1v) is 10.5. The molecule has 1 saturated heterocycles. The summed E-state index contributed by atoms with van der Waals surface area (Å²) in [4.78, 5) is 27.2. The van der Waals surface area contributed by atoms with Crippen LogP contribution in [0.2, 0.25) is 5.02 Å². The van der Waals surface area contributed by atoms with Crippen molar-refractivity contribution in [2.45, 2.75) is 26.0 Å². The molecule has 3 rings (SSSR count). The van der Waals surface area contributed by atoms with Crippen LogP contribution in [0.1, 0.15) is 31.0 Å². The molecule has 1 aliphatic heterocycles. The molecular formula is C24H26ClNO6. The molecule has 2 aromatic carbocycles. The van der Waals surface area contributed by atoms with Crippen molar-refractivity contribution < 1.29 is 28.9 Å². The van der Waals surface area contributed by atoms with E-state index < -0.39 is 17.7 Å². The first-order chi connectivity index (χ1) is 15.3. The molecular weight excluding hydrogens is 434 g/mol. The van der Waals surface area contributed by atoms with Gasteiger partial charge in [-0.3, -0.25) is 9.59 Å². The highest BCUT2D eigenvalue weighted by Crippen LogP contribution is 2.40. The van der Waals surface area contributed by atoms with Crippen molar-refractivity contribution in [1.29, 1.82) is 0 Å². The van der Waals surface area contributed by atoms with Crippen LogP contribution >= 0.6 is 11.6 Å². The maximum atomic E-state index is 13.0. The number of hydrogen-bond donors (Lipinski definition) is 1. The van der Waals surface area contributed by atoms with Crippen LogP contribution < -0.4 is 9.47 Å². The third-order valence-corrected chi connectivity index (χ3v) is 5.38. The molecule has 0 saturated carbocycles. The van der Waals surface area contributed by atoms with E-state index in [2.05, 4.69) is 0 Å². The van der Waals surface area contributed by atoms with E-state index in [1.807, 2.05) is 13.8 Å². The molecule has 1 amide bonds. The molecule has 1 aliphatic rings. The summed E-state index contributed by atoms with van der Waals surface area (Å²) in [6, 6.07) is 11.0. The molecule has 1 atom stereocenters. The highest BCUT2D eigenvalue weighted by atomic mass is 35.5. The van der Waals surface area contributed by atoms with E-state index in [0.717, 1.165) is 0 Å². The van der Waals surface area contributed by atoms with Crippen molar-refractivity contribution >= 4 is 29.1 Å². The highest BCUT2D eigenvalue weighted by Gasteiger charge is 2.45. The Kier molecular flexibility index (Phi) is 7.43. The maximum absolute atomic E-state index is 13.0. The second-order valence-electron chi connectivity index (χ2n) is 7.57. The Morgan fingerprint density at radius 1 is 1.12 bits per heavy atom. The molecule has 170 valence electrons. The molecule has 32 heavy (non-hydrogen) atoms. The number of benzene rings is 2. The number of aliphatic hydroxyl groups excluding tert-OH is 1. The fourth-order valence-corrected chi connectivity index (χ4v) is 3.80. The van der Waals surface area contributed by atoms with E-state index >= 15 is 0 Å². The molecule has 1 fully saturated rings. The molecule has 1 heterocycles. The van der Waals surface area contributed by atoms with Gasteiger partial charge in [-0.05, 0) is 49.7 Å². The van der Waals surface area contributed by atoms with Crippen LogP contribution in [-0.4, -0.2) is 55.2 Å². The summed E-state index contributed by atoms with van der Waals surface area (Å²) in [5, 5.41) is 11.5. The van der Waals surface area contributed by atoms with Crippen LogP contribution in [0.5, 0.6) is 11.5 Å². The summed E-state index contributed by atoms with van der Waals surface area (Å²) in [6.45, 7) is 4.28. The molecule has 1 N–H and O–H groups in total. The van der Waals surface area contributed by atoms with E-state index in [-0.39, 0.29) is 30.6 Å². The number of carbonyl (C=O) groups excluding carboxylic acids is 2. The Labute approximate surface area is 192 Å². The summed E-state index contributed by atoms with van der Waals surface area (Å²) in [5.74, 6) is -0.751. The van der Waals surface area contributed by atoms with Gasteiger partial charge < -0.3 is 24.2 Å². The zero-order chi connectivity index (χ0) is 23.4. The number of nitrogens with zero attached hydrogens (tertiary/aromatic N) is 1. The van der Waals surface area contributed by atoms with Crippen molar-refractivity contribution in [2.75, 3.05) is 27.4 Å². The predicted octanol–water partition coefficient (Wildman–Crippen LogP) is 4.20. The van der Waals surface area contributed by atoms with E-state index in [0.29, 0.717) is 27.6 Å². The quantitative estimate of drug-likeness (QED) is 0.361. The van der Waals surface area contributed by atoms with Crippen LogP contribution in [0.3, 0.4) is 0 Å². The lowest BCUT2D eigenvalue weighted by atomic mass is 9.95. The van der Waals surface area contributed by atoms with Crippen molar-refractivity contribution in [3.63, 3.8) is 0 Å². The second kappa shape index (κ2) is 10.1. The van der Waals surface area contributed by atoms with E-state index in [9.17, 15) is 14.7 Å². The number of rotatable bonds is 8. The van der Waals surface area contributed by atoms with Crippen molar-refractivity contribution in [3.05, 3.63) is 64.2 Å². The standard InChI is InChI=1S/C24H26ClNO6/c1-14(2)32-17-8-5-15(6-9-17)21-20(23(28)24(29)26(21)11-12-30-3)22(27)16-7-10-18(25)19(13-16)31-4/h5-10,13-14,21,27H,11-12H2,1-4H3/b22-20-. The lowest BCUT2D eigenvalue weighted by Gasteiger charge is -2.25. The molecule has 0 aromatic heterocycles. The number of carbonyl (C=O) groups is 2. The smallest absolute Gasteiger partial charge is 0.295 e. The predicted molar refractivity (Wildman–Crippen MR) is 121 cm³/mol. The molecule has 7 nitrogen and oxygen atoms in total. The molecule has 0 aliphatic carbocycles. The lowest BCUT2D eigenvalue weighted by molar-refractivity contribution is -0.140. The molecule has 8 heteroatoms. The summed E-state index contributed by atoms with van der Waals surface area (Å²) >= 11 is 6.09. The fraction of sp³-hybridized carbons (Fsp3) is 0.333. The molecule has 0 bridgehead atoms. The zero-order valence-corrected chi connectivity index (χ0v) is 19.2. The largest absolute Gasteiger partial charge is 0.507 e. The number of amides is 1. The number of ketones is 1. The minimum absolute atomic E-state index is 0.00648. The van der Waals surface area contributed by atoms with Crippen LogP contribution in [0.25, 0.3) is 5.76 Å². The van der Waals surface area contributed by atoms with E-state index in [4.69, 9.17) is 25.8 Å². The van der Waals surface area contributed by atoms with Gasteiger partial charge in [-0.2, -0.15) is 0 Å². The monoisotopic (exact) mass is 459 g/mol. The molecule has 2 aromatic rings. The number of hydrogen-bond acceptors (Lipinski definition) is 6. The Morgan fingerprint density at radius 3 is 2.41 bits per heavy atom. The first-order valence-electron chi connectivity index (χ1n) is 10.2. The van der Waals surface area contributed by atoms with Gasteiger partial charge in [0.1, 0.15) is 17.3 Å². The summed E-state index contributed by atoms with van der Waals surface area (Å²) in [6.07, 6.45) is 0.00748. The number of methoxy groups -OCH3 is 2. The molecule has 0 spiro atoms. The fourth-order valence-electron chi connectivity index (χ4n) is 3.61. The SMILES string of the molecule is COCCN1C(=O)C(=O)/C(=C(\O)c2ccc(Cl)c(OC)c2)C1c1ccc(OC(C)C)cc1. The van der Waals surface area contributed by atoms with Crippen LogP contribution in [0.4, 0.5) is 0 Å². The molecule has 1 unspecified atom stereocenters. The zero-order valence-electron chi connectivity index (χ0n) is 18.4. The van der Waals surface area contributed by atoms with Crippen molar-refractivity contribution in [3.8, 4) is 11.5 Å². The maximum Gasteiger partial charge on any atom is 0.295 e. The Hall–Kier alpha value is -3.03. The minimum Gasteiger partial charge on any atom is -0.507 e. The average Bonchev–Trinajstić information content (AvgIpc) is 3.02. The van der Waals surface area contributed by atoms with Crippen molar-refractivity contribution in [2.24, 2.45) is 0 Å². The van der Waals surface area contributed by atoms with Gasteiger partial charge in [0.05, 0.1) is 36.5 Å². The van der Waals surface area contributed by atoms with Gasteiger partial charge in [0.2, 0.25) is 0 Å². The van der Waals surface area contributed by atoms with Crippen LogP contribution in [-0.2, 0) is 14.3 Å². The van der Waals surface area contributed by atoms with Crippen molar-refractivity contribution in [1.82, 2.24) is 4.90 Å². The second-order valence-corrected chi connectivity index (χ2v) is 7.98. The highest BCUT2D eigenvalue weighted by molar-refractivity contribution is 6.46. The normalized spacial score (nSPS) is 17.8. The number of likely N-dealkylation sites (tertiary alicyclic amines) is 1. The Balaban J connectivity index is 2.12. The van der Waals surface area contributed by atoms with Gasteiger partial charge in [0.25, 0.3) is 11.7 Å². The third kappa shape index (κ3) is 4.74. The summed E-state index contributed by atoms with van der Waals surface area (Å²) < 4.78 is 16.0. The van der Waals surface area contributed by atoms with Gasteiger partial charge in [0.15, 0.2) is 0 Å². The topological polar surface area (TPSA) is 85.3 Å². The average molecular weight is 460 g/mol. The van der Waals surface area contributed by atoms with E-state index in [1.54, 1.807) is 36.4 Å². The van der Waals surface area contributed by atoms with Gasteiger partial charge in [-0.1, -0.05) is 23.7 Å². The summed E-state index contributed by atoms with van der Waals surface area (Å²) in [5.41, 5.74) is 0.979. The van der Waals surface area contributed by atoms with Gasteiger partial charge in [-0.15, -0.1) is 0 Å². The number of aliphatic hydroxyl groups is 1. The van der Waals surface area contributed by atoms with Crippen LogP contribution in [0, 0.1) is 0 Å². The third-order valence-electron chi connectivity index (χ3n) is 5.07. The van der Waals surface area contributed by atoms with Gasteiger partial charge >= 0.3 is 0 Å². The Morgan fingerprint density at radius 2 is 1.81 bits per heavy atom. The summed E-state index contributed by atoms with van der Waals surface area (Å²) in [7, 11) is 2.97. The minimum atomic E-state index is -0.778. The van der Waals surface area contributed by atoms with E-state index in [1.165, 1.54) is 25.2 Å². The number of halogens is 1. The molecule has 0 radical (unpaired) electrons. The first kappa shape index (κ1) is 23.6. The van der Waals surface area contributed by atoms with Crippen LogP contribution in [0.15, 0.2) is 48.0 Å². The number of Topliss-reactive ketones (excluding diaryl/α,β-unsaturated/α-hetero) is 1. The van der Waals surface area contributed by atoms with Gasteiger partial charge in [0, 0.05) is 19.2 Å². The Bertz CT molecular complexity index is 1030. The number of ether oxygens (including phenoxy) is 3. The van der Waals surface area contributed by atoms with Gasteiger partial charge in [-0.25, -0.2) is 0 Å².